The van der Waals surface area contributed by atoms with Gasteiger partial charge < -0.3 is 20.1 Å². The van der Waals surface area contributed by atoms with Gasteiger partial charge in [0.15, 0.2) is 11.6 Å². The van der Waals surface area contributed by atoms with Crippen LogP contribution < -0.4 is 20.1 Å². The summed E-state index contributed by atoms with van der Waals surface area (Å²) in [6, 6.07) is 13.3. The Balaban J connectivity index is 1.88. The van der Waals surface area contributed by atoms with Crippen molar-refractivity contribution in [3.8, 4) is 11.5 Å². The lowest BCUT2D eigenvalue weighted by Gasteiger charge is -2.25. The number of para-hydroxylation sites is 1. The number of hydrogen-bond donors (Lipinski definition) is 1. The third-order valence-electron chi connectivity index (χ3n) is 4.81. The number of amides is 1. The van der Waals surface area contributed by atoms with Crippen LogP contribution in [0.3, 0.4) is 0 Å². The molecule has 0 spiro atoms. The van der Waals surface area contributed by atoms with E-state index >= 15 is 0 Å². The number of benzene rings is 3. The molecule has 0 fully saturated rings. The maximum absolute atomic E-state index is 14.3. The Morgan fingerprint density at radius 2 is 2.11 bits per heavy atom. The van der Waals surface area contributed by atoms with E-state index in [4.69, 9.17) is 15.2 Å². The summed E-state index contributed by atoms with van der Waals surface area (Å²) in [5.41, 5.74) is 7.14. The standard InChI is InChI=1S/C21H18BrFN2O3/c1-27-19-8-5-12-9-13(22)6-7-14(12)15(19)10-25-18-4-2-3-16(23)20(18)28-11-17(24)21(25)26/h2-9,17H,10-11,24H2,1H3. The molecular weight excluding hydrogens is 427 g/mol. The van der Waals surface area contributed by atoms with Gasteiger partial charge in [-0.05, 0) is 41.1 Å². The molecule has 0 radical (unpaired) electrons. The summed E-state index contributed by atoms with van der Waals surface area (Å²) in [5, 5.41) is 1.93. The number of halogens is 2. The Morgan fingerprint density at radius 1 is 1.29 bits per heavy atom. The van der Waals surface area contributed by atoms with Crippen molar-refractivity contribution in [3.05, 3.63) is 64.4 Å². The second-order valence-electron chi connectivity index (χ2n) is 6.54. The highest BCUT2D eigenvalue weighted by molar-refractivity contribution is 9.10. The van der Waals surface area contributed by atoms with Gasteiger partial charge in [0, 0.05) is 10.0 Å². The summed E-state index contributed by atoms with van der Waals surface area (Å²) in [5.74, 6) is -0.191. The van der Waals surface area contributed by atoms with E-state index in [1.807, 2.05) is 30.3 Å². The van der Waals surface area contributed by atoms with Gasteiger partial charge in [0.05, 0.1) is 19.3 Å². The zero-order valence-corrected chi connectivity index (χ0v) is 16.7. The van der Waals surface area contributed by atoms with Crippen molar-refractivity contribution in [2.75, 3.05) is 18.6 Å². The lowest BCUT2D eigenvalue weighted by molar-refractivity contribution is -0.120. The van der Waals surface area contributed by atoms with Crippen LogP contribution >= 0.6 is 15.9 Å². The van der Waals surface area contributed by atoms with E-state index in [-0.39, 0.29) is 24.8 Å². The molecule has 3 aromatic carbocycles. The molecule has 3 aromatic rings. The smallest absolute Gasteiger partial charge is 0.247 e. The highest BCUT2D eigenvalue weighted by Crippen LogP contribution is 2.37. The molecule has 1 atom stereocenters. The number of hydrogen-bond acceptors (Lipinski definition) is 4. The highest BCUT2D eigenvalue weighted by Gasteiger charge is 2.31. The summed E-state index contributed by atoms with van der Waals surface area (Å²) in [6.45, 7) is 0.0946. The van der Waals surface area contributed by atoms with Crippen molar-refractivity contribution in [2.45, 2.75) is 12.6 Å². The summed E-state index contributed by atoms with van der Waals surface area (Å²) < 4.78 is 26.3. The average Bonchev–Trinajstić information content (AvgIpc) is 2.80. The molecule has 1 aliphatic rings. The first kappa shape index (κ1) is 18.7. The fourth-order valence-electron chi connectivity index (χ4n) is 3.44. The minimum atomic E-state index is -0.887. The Morgan fingerprint density at radius 3 is 2.89 bits per heavy atom. The molecule has 1 unspecified atom stereocenters. The number of nitrogens with two attached hydrogens (primary N) is 1. The molecule has 7 heteroatoms. The summed E-state index contributed by atoms with van der Waals surface area (Å²) >= 11 is 3.48. The van der Waals surface area contributed by atoms with Gasteiger partial charge in [-0.1, -0.05) is 34.1 Å². The van der Waals surface area contributed by atoms with Gasteiger partial charge >= 0.3 is 0 Å². The SMILES string of the molecule is COc1ccc2cc(Br)ccc2c1CN1C(=O)C(N)COc2c(F)cccc21. The van der Waals surface area contributed by atoms with Crippen molar-refractivity contribution < 1.29 is 18.7 Å². The van der Waals surface area contributed by atoms with Crippen LogP contribution in [-0.2, 0) is 11.3 Å². The molecule has 144 valence electrons. The van der Waals surface area contributed by atoms with Gasteiger partial charge in [-0.15, -0.1) is 0 Å². The summed E-state index contributed by atoms with van der Waals surface area (Å²) in [4.78, 5) is 14.4. The number of anilines is 1. The third-order valence-corrected chi connectivity index (χ3v) is 5.31. The lowest BCUT2D eigenvalue weighted by atomic mass is 10.0. The number of carbonyl (C=O) groups is 1. The van der Waals surface area contributed by atoms with Crippen LogP contribution in [-0.4, -0.2) is 25.7 Å². The maximum atomic E-state index is 14.3. The van der Waals surface area contributed by atoms with E-state index in [2.05, 4.69) is 15.9 Å². The monoisotopic (exact) mass is 444 g/mol. The van der Waals surface area contributed by atoms with Crippen LogP contribution in [0.4, 0.5) is 10.1 Å². The first-order valence-electron chi connectivity index (χ1n) is 8.73. The van der Waals surface area contributed by atoms with E-state index in [0.717, 1.165) is 20.8 Å². The largest absolute Gasteiger partial charge is 0.496 e. The minimum absolute atomic E-state index is 0.0331. The molecule has 5 nitrogen and oxygen atoms in total. The van der Waals surface area contributed by atoms with Gasteiger partial charge in [0.25, 0.3) is 0 Å². The van der Waals surface area contributed by atoms with E-state index in [1.165, 1.54) is 11.0 Å². The Bertz CT molecular complexity index is 1070. The fourth-order valence-corrected chi connectivity index (χ4v) is 3.82. The number of nitrogens with zero attached hydrogens (tertiary/aromatic N) is 1. The molecule has 1 heterocycles. The van der Waals surface area contributed by atoms with Crippen molar-refractivity contribution in [1.29, 1.82) is 0 Å². The first-order chi connectivity index (χ1) is 13.5. The molecule has 0 saturated heterocycles. The van der Waals surface area contributed by atoms with Crippen LogP contribution in [0.15, 0.2) is 53.0 Å². The van der Waals surface area contributed by atoms with E-state index in [9.17, 15) is 9.18 Å². The fraction of sp³-hybridized carbons (Fsp3) is 0.190. The van der Waals surface area contributed by atoms with Crippen LogP contribution in [0.25, 0.3) is 10.8 Å². The molecule has 0 aliphatic carbocycles. The topological polar surface area (TPSA) is 64.8 Å². The molecule has 1 amide bonds. The van der Waals surface area contributed by atoms with Gasteiger partial charge in [0.1, 0.15) is 18.4 Å². The normalized spacial score (nSPS) is 16.5. The van der Waals surface area contributed by atoms with Crippen LogP contribution in [0.5, 0.6) is 11.5 Å². The zero-order chi connectivity index (χ0) is 19.8. The minimum Gasteiger partial charge on any atom is -0.496 e. The third kappa shape index (κ3) is 3.21. The first-order valence-corrected chi connectivity index (χ1v) is 9.52. The molecular formula is C21H18BrFN2O3. The molecule has 0 saturated carbocycles. The number of ether oxygens (including phenoxy) is 2. The van der Waals surface area contributed by atoms with E-state index in [0.29, 0.717) is 11.4 Å². The number of carbonyl (C=O) groups excluding carboxylic acids is 1. The second kappa shape index (κ2) is 7.41. The van der Waals surface area contributed by atoms with Gasteiger partial charge in [-0.25, -0.2) is 4.39 Å². The van der Waals surface area contributed by atoms with Gasteiger partial charge in [0.2, 0.25) is 5.91 Å². The average molecular weight is 445 g/mol. The Kier molecular flexibility index (Phi) is 4.95. The highest BCUT2D eigenvalue weighted by atomic mass is 79.9. The molecule has 0 bridgehead atoms. The number of methoxy groups -OCH3 is 1. The van der Waals surface area contributed by atoms with Crippen molar-refractivity contribution in [3.63, 3.8) is 0 Å². The predicted molar refractivity (Wildman–Crippen MR) is 109 cm³/mol. The van der Waals surface area contributed by atoms with E-state index in [1.54, 1.807) is 19.2 Å². The molecule has 2 N–H and O–H groups in total. The molecule has 4 rings (SSSR count). The lowest BCUT2D eigenvalue weighted by Crippen LogP contribution is -2.45. The van der Waals surface area contributed by atoms with E-state index < -0.39 is 11.9 Å². The van der Waals surface area contributed by atoms with Crippen LogP contribution in [0.1, 0.15) is 5.56 Å². The number of rotatable bonds is 3. The second-order valence-corrected chi connectivity index (χ2v) is 7.46. The molecule has 1 aliphatic heterocycles. The van der Waals surface area contributed by atoms with Crippen LogP contribution in [0, 0.1) is 5.82 Å². The quantitative estimate of drug-likeness (QED) is 0.662. The van der Waals surface area contributed by atoms with Crippen molar-refractivity contribution >= 4 is 38.3 Å². The predicted octanol–water partition coefficient (Wildman–Crippen LogP) is 4.00. The maximum Gasteiger partial charge on any atom is 0.247 e. The van der Waals surface area contributed by atoms with Crippen molar-refractivity contribution in [2.24, 2.45) is 5.73 Å². The molecule has 28 heavy (non-hydrogen) atoms. The summed E-state index contributed by atoms with van der Waals surface area (Å²) in [7, 11) is 1.58. The van der Waals surface area contributed by atoms with Gasteiger partial charge in [-0.3, -0.25) is 4.79 Å². The van der Waals surface area contributed by atoms with Crippen molar-refractivity contribution in [1.82, 2.24) is 0 Å². The summed E-state index contributed by atoms with van der Waals surface area (Å²) in [6.07, 6.45) is 0. The zero-order valence-electron chi connectivity index (χ0n) is 15.1. The Labute approximate surface area is 170 Å². The molecule has 0 aromatic heterocycles. The number of fused-ring (bicyclic) bond motifs is 2. The van der Waals surface area contributed by atoms with Crippen LogP contribution in [0.2, 0.25) is 0 Å². The van der Waals surface area contributed by atoms with Gasteiger partial charge in [-0.2, -0.15) is 0 Å². The Hall–Kier alpha value is -2.64.